The van der Waals surface area contributed by atoms with Crippen LogP contribution in [0.15, 0.2) is 11.1 Å². The molecule has 2 rings (SSSR count). The molecule has 4 N–H and O–H groups in total. The highest BCUT2D eigenvalue weighted by Crippen LogP contribution is 2.04. The van der Waals surface area contributed by atoms with E-state index >= 15 is 0 Å². The second kappa shape index (κ2) is 3.11. The molecule has 0 saturated carbocycles. The number of rotatable bonds is 2. The highest BCUT2D eigenvalue weighted by atomic mass is 16.3. The third kappa shape index (κ3) is 1.23. The van der Waals surface area contributed by atoms with E-state index in [0.717, 1.165) is 6.33 Å². The zero-order valence-electron chi connectivity index (χ0n) is 10.9. The van der Waals surface area contributed by atoms with Crippen molar-refractivity contribution in [3.63, 3.8) is 0 Å². The summed E-state index contributed by atoms with van der Waals surface area (Å²) in [6.07, 6.45) is 0.875. The normalized spacial score (nSPS) is 17.2. The van der Waals surface area contributed by atoms with Crippen LogP contribution in [-0.2, 0) is 6.50 Å². The largest absolute Gasteiger partial charge is 0.395 e. The van der Waals surface area contributed by atoms with Gasteiger partial charge in [0.05, 0.1) is 18.4 Å². The van der Waals surface area contributed by atoms with Crippen molar-refractivity contribution >= 4 is 17.1 Å². The monoisotopic (exact) mass is 199 g/mol. The highest BCUT2D eigenvalue weighted by molar-refractivity contribution is 5.70. The Labute approximate surface area is 83.8 Å². The van der Waals surface area contributed by atoms with Crippen LogP contribution in [-0.4, -0.2) is 31.2 Å². The standard InChI is InChI=1S/C7H9N5O2/c8-7-10-5-4(6(14)11-7)12(1-2-13)3-9-5/h3,13H,1-2H2,(H3,8,10,11,14)/i1D2,2D2. The van der Waals surface area contributed by atoms with Gasteiger partial charge in [0.25, 0.3) is 5.56 Å². The van der Waals surface area contributed by atoms with E-state index in [2.05, 4.69) is 15.0 Å². The van der Waals surface area contributed by atoms with Gasteiger partial charge in [0.1, 0.15) is 0 Å². The average Bonchev–Trinajstić information content (AvgIpc) is 2.59. The van der Waals surface area contributed by atoms with Crippen LogP contribution in [0, 0.1) is 0 Å². The molecule has 2 aromatic rings. The van der Waals surface area contributed by atoms with Gasteiger partial charge in [-0.2, -0.15) is 4.98 Å². The van der Waals surface area contributed by atoms with Crippen LogP contribution in [0.1, 0.15) is 5.48 Å². The van der Waals surface area contributed by atoms with E-state index in [1.807, 2.05) is 0 Å². The molecule has 14 heavy (non-hydrogen) atoms. The zero-order chi connectivity index (χ0) is 13.7. The summed E-state index contributed by atoms with van der Waals surface area (Å²) >= 11 is 0. The molecule has 0 aliphatic rings. The SMILES string of the molecule is [2H]C([2H])(O)C([2H])([2H])n1cnc2nc(N)[nH]c(=O)c21. The van der Waals surface area contributed by atoms with Crippen molar-refractivity contribution < 1.29 is 10.6 Å². The Hall–Kier alpha value is -1.89. The molecule has 0 aliphatic carbocycles. The van der Waals surface area contributed by atoms with Gasteiger partial charge in [-0.15, -0.1) is 0 Å². The summed E-state index contributed by atoms with van der Waals surface area (Å²) in [4.78, 5) is 21.1. The molecule has 0 fully saturated rings. The smallest absolute Gasteiger partial charge is 0.278 e. The number of hydrogen-bond donors (Lipinski definition) is 3. The summed E-state index contributed by atoms with van der Waals surface area (Å²) in [6, 6.07) is 0. The minimum Gasteiger partial charge on any atom is -0.395 e. The highest BCUT2D eigenvalue weighted by Gasteiger charge is 2.08. The first-order valence-corrected chi connectivity index (χ1v) is 3.60. The van der Waals surface area contributed by atoms with Gasteiger partial charge >= 0.3 is 0 Å². The molecule has 0 saturated heterocycles. The van der Waals surface area contributed by atoms with Crippen LogP contribution in [0.3, 0.4) is 0 Å². The van der Waals surface area contributed by atoms with E-state index < -0.39 is 18.6 Å². The number of nitrogens with zero attached hydrogens (tertiary/aromatic N) is 3. The molecule has 0 spiro atoms. The van der Waals surface area contributed by atoms with Gasteiger partial charge in [0, 0.05) is 6.50 Å². The Balaban J connectivity index is 2.79. The zero-order valence-corrected chi connectivity index (χ0v) is 6.85. The van der Waals surface area contributed by atoms with Crippen LogP contribution in [0.4, 0.5) is 5.95 Å². The first kappa shape index (κ1) is 5.11. The number of nitrogen functional groups attached to an aromatic ring is 1. The van der Waals surface area contributed by atoms with Gasteiger partial charge in [0.2, 0.25) is 5.95 Å². The van der Waals surface area contributed by atoms with E-state index in [1.54, 1.807) is 0 Å². The molecule has 2 heterocycles. The lowest BCUT2D eigenvalue weighted by Gasteiger charge is -1.98. The number of nitrogens with one attached hydrogen (secondary N) is 1. The summed E-state index contributed by atoms with van der Waals surface area (Å²) in [5.74, 6) is -0.190. The van der Waals surface area contributed by atoms with Crippen molar-refractivity contribution in [1.29, 1.82) is 0 Å². The Morgan fingerprint density at radius 2 is 2.57 bits per heavy atom. The lowest BCUT2D eigenvalue weighted by molar-refractivity contribution is 0.277. The second-order valence-electron chi connectivity index (χ2n) is 2.46. The lowest BCUT2D eigenvalue weighted by atomic mass is 10.5. The molecule has 2 aromatic heterocycles. The summed E-state index contributed by atoms with van der Waals surface area (Å²) < 4.78 is 29.7. The molecule has 7 nitrogen and oxygen atoms in total. The van der Waals surface area contributed by atoms with Crippen LogP contribution in [0.25, 0.3) is 11.2 Å². The Kier molecular flexibility index (Phi) is 1.13. The number of hydrogen-bond acceptors (Lipinski definition) is 5. The van der Waals surface area contributed by atoms with Gasteiger partial charge in [-0.1, -0.05) is 0 Å². The molecular formula is C7H9N5O2. The molecule has 0 radical (unpaired) electrons. The number of aliphatic hydroxyl groups is 1. The maximum Gasteiger partial charge on any atom is 0.278 e. The summed E-state index contributed by atoms with van der Waals surface area (Å²) in [5.41, 5.74) is 4.07. The van der Waals surface area contributed by atoms with Gasteiger partial charge in [-0.05, 0) is 0 Å². The number of aromatic nitrogens is 4. The summed E-state index contributed by atoms with van der Waals surface area (Å²) in [7, 11) is 0. The fourth-order valence-electron chi connectivity index (χ4n) is 1.09. The van der Waals surface area contributed by atoms with E-state index in [0.29, 0.717) is 4.57 Å². The maximum atomic E-state index is 11.6. The van der Waals surface area contributed by atoms with Crippen LogP contribution >= 0.6 is 0 Å². The maximum absolute atomic E-state index is 11.6. The van der Waals surface area contributed by atoms with Crippen molar-refractivity contribution in [2.75, 3.05) is 12.3 Å². The van der Waals surface area contributed by atoms with Gasteiger partial charge in [-0.25, -0.2) is 4.98 Å². The number of fused-ring (bicyclic) bond motifs is 1. The van der Waals surface area contributed by atoms with Crippen LogP contribution < -0.4 is 11.3 Å². The molecule has 0 amide bonds. The summed E-state index contributed by atoms with van der Waals surface area (Å²) in [5, 5.41) is 9.17. The lowest BCUT2D eigenvalue weighted by Crippen LogP contribution is -2.15. The van der Waals surface area contributed by atoms with Crippen molar-refractivity contribution in [1.82, 2.24) is 19.5 Å². The molecule has 0 atom stereocenters. The average molecular weight is 199 g/mol. The molecule has 0 aliphatic heterocycles. The number of H-pyrrole nitrogens is 1. The van der Waals surface area contributed by atoms with Crippen molar-refractivity contribution in [2.24, 2.45) is 0 Å². The van der Waals surface area contributed by atoms with Gasteiger partial charge in [0.15, 0.2) is 11.2 Å². The number of imidazole rings is 1. The third-order valence-corrected chi connectivity index (χ3v) is 1.60. The fraction of sp³-hybridized carbons (Fsp3) is 0.286. The van der Waals surface area contributed by atoms with Gasteiger partial charge in [-0.3, -0.25) is 9.78 Å². The van der Waals surface area contributed by atoms with E-state index in [9.17, 15) is 9.90 Å². The van der Waals surface area contributed by atoms with Crippen LogP contribution in [0.2, 0.25) is 0 Å². The van der Waals surface area contributed by atoms with Crippen molar-refractivity contribution in [3.05, 3.63) is 16.7 Å². The predicted molar refractivity (Wildman–Crippen MR) is 49.6 cm³/mol. The number of nitrogens with two attached hydrogens (primary N) is 1. The molecular weight excluding hydrogens is 186 g/mol. The molecule has 7 heteroatoms. The second-order valence-corrected chi connectivity index (χ2v) is 2.46. The Bertz CT molecular complexity index is 658. The number of aryl methyl sites for hydroxylation is 1. The fourth-order valence-corrected chi connectivity index (χ4v) is 1.09. The number of aromatic amines is 1. The van der Waals surface area contributed by atoms with Crippen LogP contribution in [0.5, 0.6) is 0 Å². The molecule has 0 unspecified atom stereocenters. The van der Waals surface area contributed by atoms with E-state index in [-0.39, 0.29) is 17.1 Å². The summed E-state index contributed by atoms with van der Waals surface area (Å²) in [6.45, 7) is -6.08. The van der Waals surface area contributed by atoms with Crippen molar-refractivity contribution in [2.45, 2.75) is 6.50 Å². The Morgan fingerprint density at radius 1 is 1.79 bits per heavy atom. The number of anilines is 1. The van der Waals surface area contributed by atoms with Crippen molar-refractivity contribution in [3.8, 4) is 0 Å². The quantitative estimate of drug-likeness (QED) is 0.556. The molecule has 0 aromatic carbocycles. The molecule has 0 bridgehead atoms. The van der Waals surface area contributed by atoms with E-state index in [1.165, 1.54) is 0 Å². The van der Waals surface area contributed by atoms with Gasteiger partial charge < -0.3 is 15.4 Å². The Morgan fingerprint density at radius 3 is 3.29 bits per heavy atom. The van der Waals surface area contributed by atoms with E-state index in [4.69, 9.17) is 11.2 Å². The first-order chi connectivity index (χ1) is 8.14. The predicted octanol–water partition coefficient (Wildman–Crippen LogP) is -1.31. The third-order valence-electron chi connectivity index (χ3n) is 1.60. The topological polar surface area (TPSA) is 110 Å². The minimum absolute atomic E-state index is 0.135. The minimum atomic E-state index is -3.20. The first-order valence-electron chi connectivity index (χ1n) is 5.60. The molecule has 74 valence electrons.